The Bertz CT molecular complexity index is 1180. The predicted octanol–water partition coefficient (Wildman–Crippen LogP) is 8.33. The van der Waals surface area contributed by atoms with Gasteiger partial charge in [-0.1, -0.05) is 76.4 Å². The van der Waals surface area contributed by atoms with E-state index in [4.69, 9.17) is 0 Å². The lowest BCUT2D eigenvalue weighted by Gasteiger charge is -2.17. The molecule has 42 heavy (non-hydrogen) atoms. The van der Waals surface area contributed by atoms with E-state index in [0.29, 0.717) is 17.1 Å². The molecule has 3 aromatic carbocycles. The fraction of sp³-hybridized carbons (Fsp3) is 0.417. The molecule has 0 bridgehead atoms. The summed E-state index contributed by atoms with van der Waals surface area (Å²) >= 11 is 0. The highest BCUT2D eigenvalue weighted by Crippen LogP contribution is 2.20. The molecular weight excluding hydrogens is 522 g/mol. The molecule has 0 atom stereocenters. The number of amides is 3. The lowest BCUT2D eigenvalue weighted by Crippen LogP contribution is -2.31. The van der Waals surface area contributed by atoms with Crippen LogP contribution >= 0.6 is 0 Å². The number of rotatable bonds is 17. The van der Waals surface area contributed by atoms with Gasteiger partial charge in [-0.15, -0.1) is 0 Å². The standard InChI is InChI=1S/C36H47N3O3/c1-4-7-10-27-13-19-31(20-14-27)37-34(40)25-30(36(42)39-33-23-17-29(18-24-33)12-9-6-3)26-35(41)38-32-21-15-28(16-22-32)11-8-5-2/h13-24,30H,4-12,25-26H2,1-3H3,(H,37,40)(H,38,41)(H,39,42). The fourth-order valence-corrected chi connectivity index (χ4v) is 4.78. The minimum Gasteiger partial charge on any atom is -0.326 e. The van der Waals surface area contributed by atoms with Gasteiger partial charge in [0.05, 0.1) is 5.92 Å². The maximum Gasteiger partial charge on any atom is 0.228 e. The van der Waals surface area contributed by atoms with Crippen LogP contribution in [-0.2, 0) is 33.6 Å². The molecule has 0 saturated heterocycles. The number of unbranched alkanes of at least 4 members (excludes halogenated alkanes) is 3. The summed E-state index contributed by atoms with van der Waals surface area (Å²) in [5, 5.41) is 8.71. The highest BCUT2D eigenvalue weighted by molar-refractivity contribution is 6.01. The number of benzene rings is 3. The summed E-state index contributed by atoms with van der Waals surface area (Å²) in [7, 11) is 0. The molecule has 3 aromatic rings. The van der Waals surface area contributed by atoms with E-state index in [1.54, 1.807) is 0 Å². The van der Waals surface area contributed by atoms with Gasteiger partial charge in [0.2, 0.25) is 17.7 Å². The molecule has 0 aliphatic carbocycles. The minimum atomic E-state index is -0.836. The molecule has 0 saturated carbocycles. The third kappa shape index (κ3) is 11.5. The first kappa shape index (κ1) is 32.6. The SMILES string of the molecule is CCCCc1ccc(NC(=O)CC(CC(=O)Nc2ccc(CCCC)cc2)C(=O)Nc2ccc(CCCC)cc2)cc1. The van der Waals surface area contributed by atoms with Gasteiger partial charge in [-0.25, -0.2) is 0 Å². The number of anilines is 3. The second-order valence-corrected chi connectivity index (χ2v) is 11.1. The number of hydrogen-bond acceptors (Lipinski definition) is 3. The monoisotopic (exact) mass is 569 g/mol. The largest absolute Gasteiger partial charge is 0.326 e. The van der Waals surface area contributed by atoms with Gasteiger partial charge < -0.3 is 16.0 Å². The first-order valence-electron chi connectivity index (χ1n) is 15.6. The van der Waals surface area contributed by atoms with Gasteiger partial charge >= 0.3 is 0 Å². The van der Waals surface area contributed by atoms with E-state index in [9.17, 15) is 14.4 Å². The van der Waals surface area contributed by atoms with E-state index in [2.05, 4.69) is 36.7 Å². The molecule has 0 aromatic heterocycles. The Hall–Kier alpha value is -3.93. The van der Waals surface area contributed by atoms with E-state index in [-0.39, 0.29) is 30.6 Å². The first-order chi connectivity index (χ1) is 20.4. The quantitative estimate of drug-likeness (QED) is 0.153. The van der Waals surface area contributed by atoms with Crippen molar-refractivity contribution in [3.8, 4) is 0 Å². The lowest BCUT2D eigenvalue weighted by atomic mass is 9.98. The van der Waals surface area contributed by atoms with E-state index in [0.717, 1.165) is 57.8 Å². The highest BCUT2D eigenvalue weighted by atomic mass is 16.2. The second kappa shape index (κ2) is 17.8. The first-order valence-corrected chi connectivity index (χ1v) is 15.6. The Balaban J connectivity index is 1.66. The molecule has 3 rings (SSSR count). The maximum absolute atomic E-state index is 13.4. The summed E-state index contributed by atoms with van der Waals surface area (Å²) in [5.74, 6) is -1.80. The lowest BCUT2D eigenvalue weighted by molar-refractivity contribution is -0.127. The topological polar surface area (TPSA) is 87.3 Å². The van der Waals surface area contributed by atoms with Crippen molar-refractivity contribution in [1.82, 2.24) is 0 Å². The summed E-state index contributed by atoms with van der Waals surface area (Å²) in [4.78, 5) is 39.4. The predicted molar refractivity (Wildman–Crippen MR) is 174 cm³/mol. The van der Waals surface area contributed by atoms with Crippen molar-refractivity contribution in [1.29, 1.82) is 0 Å². The number of aryl methyl sites for hydroxylation is 3. The van der Waals surface area contributed by atoms with Gasteiger partial charge in [0.1, 0.15) is 0 Å². The van der Waals surface area contributed by atoms with Crippen LogP contribution in [0.25, 0.3) is 0 Å². The molecule has 6 nitrogen and oxygen atoms in total. The zero-order valence-electron chi connectivity index (χ0n) is 25.5. The molecule has 224 valence electrons. The third-order valence-corrected chi connectivity index (χ3v) is 7.39. The van der Waals surface area contributed by atoms with Crippen molar-refractivity contribution in [2.45, 2.75) is 91.4 Å². The van der Waals surface area contributed by atoms with Gasteiger partial charge in [0.15, 0.2) is 0 Å². The maximum atomic E-state index is 13.4. The molecule has 3 amide bonds. The van der Waals surface area contributed by atoms with Gasteiger partial charge in [-0.3, -0.25) is 14.4 Å². The molecule has 0 aliphatic heterocycles. The Labute approximate surface area is 251 Å². The molecule has 0 spiro atoms. The Morgan fingerprint density at radius 2 is 0.810 bits per heavy atom. The fourth-order valence-electron chi connectivity index (χ4n) is 4.78. The zero-order valence-corrected chi connectivity index (χ0v) is 25.5. The summed E-state index contributed by atoms with van der Waals surface area (Å²) in [6.45, 7) is 6.48. The number of hydrogen-bond donors (Lipinski definition) is 3. The molecule has 0 radical (unpaired) electrons. The van der Waals surface area contributed by atoms with Crippen LogP contribution in [0, 0.1) is 5.92 Å². The van der Waals surface area contributed by atoms with Gasteiger partial charge in [0.25, 0.3) is 0 Å². The van der Waals surface area contributed by atoms with Crippen LogP contribution in [0.1, 0.15) is 88.8 Å². The van der Waals surface area contributed by atoms with Crippen LogP contribution in [0.3, 0.4) is 0 Å². The van der Waals surface area contributed by atoms with E-state index in [1.807, 2.05) is 72.8 Å². The van der Waals surface area contributed by atoms with Crippen molar-refractivity contribution >= 4 is 34.8 Å². The van der Waals surface area contributed by atoms with Gasteiger partial charge in [0, 0.05) is 29.9 Å². The molecular formula is C36H47N3O3. The Morgan fingerprint density at radius 1 is 0.500 bits per heavy atom. The van der Waals surface area contributed by atoms with Crippen LogP contribution in [0.5, 0.6) is 0 Å². The number of carbonyl (C=O) groups is 3. The third-order valence-electron chi connectivity index (χ3n) is 7.39. The van der Waals surface area contributed by atoms with Crippen molar-refractivity contribution in [3.63, 3.8) is 0 Å². The molecule has 3 N–H and O–H groups in total. The number of carbonyl (C=O) groups excluding carboxylic acids is 3. The summed E-state index contributed by atoms with van der Waals surface area (Å²) in [6.07, 6.45) is 9.51. The Morgan fingerprint density at radius 3 is 1.12 bits per heavy atom. The molecule has 0 unspecified atom stereocenters. The summed E-state index contributed by atoms with van der Waals surface area (Å²) in [6, 6.07) is 23.4. The van der Waals surface area contributed by atoms with Gasteiger partial charge in [-0.05, 0) is 91.6 Å². The van der Waals surface area contributed by atoms with Crippen molar-refractivity contribution in [2.75, 3.05) is 16.0 Å². The molecule has 0 fully saturated rings. The van der Waals surface area contributed by atoms with Crippen molar-refractivity contribution in [3.05, 3.63) is 89.5 Å². The van der Waals surface area contributed by atoms with Crippen LogP contribution in [0.15, 0.2) is 72.8 Å². The van der Waals surface area contributed by atoms with Crippen LogP contribution < -0.4 is 16.0 Å². The molecule has 0 heterocycles. The van der Waals surface area contributed by atoms with Crippen LogP contribution in [-0.4, -0.2) is 17.7 Å². The van der Waals surface area contributed by atoms with Crippen molar-refractivity contribution < 1.29 is 14.4 Å². The average molecular weight is 570 g/mol. The zero-order chi connectivity index (χ0) is 30.2. The normalized spacial score (nSPS) is 10.9. The van der Waals surface area contributed by atoms with E-state index in [1.165, 1.54) is 16.7 Å². The van der Waals surface area contributed by atoms with Crippen molar-refractivity contribution in [2.24, 2.45) is 5.92 Å². The van der Waals surface area contributed by atoms with Gasteiger partial charge in [-0.2, -0.15) is 0 Å². The molecule has 6 heteroatoms. The van der Waals surface area contributed by atoms with Crippen LogP contribution in [0.2, 0.25) is 0 Å². The Kier molecular flexibility index (Phi) is 13.8. The van der Waals surface area contributed by atoms with E-state index >= 15 is 0 Å². The van der Waals surface area contributed by atoms with E-state index < -0.39 is 5.92 Å². The smallest absolute Gasteiger partial charge is 0.228 e. The number of nitrogens with one attached hydrogen (secondary N) is 3. The average Bonchev–Trinajstić information content (AvgIpc) is 2.99. The molecule has 0 aliphatic rings. The second-order valence-electron chi connectivity index (χ2n) is 11.1. The minimum absolute atomic E-state index is 0.110. The van der Waals surface area contributed by atoms with Crippen LogP contribution in [0.4, 0.5) is 17.1 Å². The summed E-state index contributed by atoms with van der Waals surface area (Å²) < 4.78 is 0. The highest BCUT2D eigenvalue weighted by Gasteiger charge is 2.25. The summed E-state index contributed by atoms with van der Waals surface area (Å²) in [5.41, 5.74) is 5.66.